The van der Waals surface area contributed by atoms with Crippen molar-refractivity contribution < 1.29 is 0 Å². The molecule has 0 bridgehead atoms. The van der Waals surface area contributed by atoms with Gasteiger partial charge in [0.2, 0.25) is 5.43 Å². The van der Waals surface area contributed by atoms with Crippen LogP contribution in [0.5, 0.6) is 0 Å². The first kappa shape index (κ1) is 13.5. The van der Waals surface area contributed by atoms with Crippen LogP contribution in [0.3, 0.4) is 0 Å². The van der Waals surface area contributed by atoms with Crippen molar-refractivity contribution in [2.45, 2.75) is 6.54 Å². The van der Waals surface area contributed by atoms with Gasteiger partial charge in [-0.05, 0) is 39.7 Å². The first-order valence-corrected chi connectivity index (χ1v) is 7.63. The van der Waals surface area contributed by atoms with E-state index in [4.69, 9.17) is 0 Å². The molecule has 0 aliphatic heterocycles. The Bertz CT molecular complexity index is 828. The molecule has 0 amide bonds. The normalized spacial score (nSPS) is 10.9. The largest absolute Gasteiger partial charge is 0.286 e. The summed E-state index contributed by atoms with van der Waals surface area (Å²) in [4.78, 5) is 12.1. The van der Waals surface area contributed by atoms with E-state index in [2.05, 4.69) is 37.0 Å². The number of nitrogens with zero attached hydrogens (tertiary/aromatic N) is 2. The van der Waals surface area contributed by atoms with Gasteiger partial charge in [-0.1, -0.05) is 46.3 Å². The number of hydrogen-bond donors (Lipinski definition) is 0. The standard InChI is InChI=1S/C15H10Br2N2O/c16-11-6-7-13-12(8-11)14(20)15(17)18-19(13)9-10-4-2-1-3-5-10/h1-8H,9H2. The van der Waals surface area contributed by atoms with E-state index in [9.17, 15) is 4.79 Å². The molecule has 5 heteroatoms. The molecule has 1 aromatic heterocycles. The van der Waals surface area contributed by atoms with Crippen LogP contribution in [-0.2, 0) is 6.54 Å². The SMILES string of the molecule is O=c1c(Br)nn(Cc2ccccc2)c2ccc(Br)cc12. The molecule has 0 atom stereocenters. The van der Waals surface area contributed by atoms with Gasteiger partial charge in [0.15, 0.2) is 4.60 Å². The number of rotatable bonds is 2. The van der Waals surface area contributed by atoms with Crippen LogP contribution in [-0.4, -0.2) is 9.78 Å². The molecule has 0 radical (unpaired) electrons. The van der Waals surface area contributed by atoms with E-state index in [0.717, 1.165) is 15.6 Å². The van der Waals surface area contributed by atoms with Crippen molar-refractivity contribution in [3.8, 4) is 0 Å². The van der Waals surface area contributed by atoms with Crippen LogP contribution in [0.4, 0.5) is 0 Å². The van der Waals surface area contributed by atoms with Crippen molar-refractivity contribution in [1.29, 1.82) is 0 Å². The van der Waals surface area contributed by atoms with Gasteiger partial charge in [0.25, 0.3) is 0 Å². The molecule has 0 N–H and O–H groups in total. The summed E-state index contributed by atoms with van der Waals surface area (Å²) in [7, 11) is 0. The average molecular weight is 394 g/mol. The van der Waals surface area contributed by atoms with E-state index >= 15 is 0 Å². The van der Waals surface area contributed by atoms with Crippen LogP contribution in [0.25, 0.3) is 10.9 Å². The second kappa shape index (κ2) is 5.50. The maximum absolute atomic E-state index is 12.1. The van der Waals surface area contributed by atoms with Crippen molar-refractivity contribution in [2.24, 2.45) is 0 Å². The van der Waals surface area contributed by atoms with Crippen molar-refractivity contribution >= 4 is 42.8 Å². The van der Waals surface area contributed by atoms with Crippen LogP contribution >= 0.6 is 31.9 Å². The summed E-state index contributed by atoms with van der Waals surface area (Å²) < 4.78 is 3.05. The molecule has 0 saturated carbocycles. The van der Waals surface area contributed by atoms with Gasteiger partial charge in [0.05, 0.1) is 17.4 Å². The summed E-state index contributed by atoms with van der Waals surface area (Å²) in [5.74, 6) is 0. The van der Waals surface area contributed by atoms with Crippen LogP contribution in [0, 0.1) is 0 Å². The zero-order valence-corrected chi connectivity index (χ0v) is 13.6. The second-order valence-electron chi connectivity index (χ2n) is 4.42. The molecule has 20 heavy (non-hydrogen) atoms. The van der Waals surface area contributed by atoms with Crippen LogP contribution in [0.1, 0.15) is 5.56 Å². The minimum Gasteiger partial charge on any atom is -0.286 e. The van der Waals surface area contributed by atoms with E-state index in [1.807, 2.05) is 53.2 Å². The fourth-order valence-corrected chi connectivity index (χ4v) is 2.87. The third-order valence-corrected chi connectivity index (χ3v) is 4.06. The zero-order valence-electron chi connectivity index (χ0n) is 10.4. The third-order valence-electron chi connectivity index (χ3n) is 3.05. The minimum absolute atomic E-state index is 0.0920. The highest BCUT2D eigenvalue weighted by atomic mass is 79.9. The summed E-state index contributed by atoms with van der Waals surface area (Å²) in [6.07, 6.45) is 0. The molecule has 3 rings (SSSR count). The number of benzene rings is 2. The van der Waals surface area contributed by atoms with E-state index in [1.165, 1.54) is 0 Å². The molecule has 3 nitrogen and oxygen atoms in total. The predicted molar refractivity (Wildman–Crippen MR) is 86.9 cm³/mol. The Balaban J connectivity index is 2.21. The topological polar surface area (TPSA) is 34.9 Å². The molecular weight excluding hydrogens is 384 g/mol. The Labute approximate surface area is 132 Å². The number of aromatic nitrogens is 2. The van der Waals surface area contributed by atoms with Crippen molar-refractivity contribution in [3.05, 3.63) is 73.4 Å². The third kappa shape index (κ3) is 2.55. The Morgan fingerprint density at radius 1 is 1.05 bits per heavy atom. The van der Waals surface area contributed by atoms with E-state index in [0.29, 0.717) is 16.5 Å². The molecule has 0 aliphatic rings. The van der Waals surface area contributed by atoms with Gasteiger partial charge in [-0.25, -0.2) is 0 Å². The lowest BCUT2D eigenvalue weighted by Crippen LogP contribution is -2.15. The molecule has 0 unspecified atom stereocenters. The van der Waals surface area contributed by atoms with Crippen molar-refractivity contribution in [1.82, 2.24) is 9.78 Å². The zero-order chi connectivity index (χ0) is 14.1. The van der Waals surface area contributed by atoms with Gasteiger partial charge in [-0.2, -0.15) is 5.10 Å². The first-order chi connectivity index (χ1) is 9.65. The van der Waals surface area contributed by atoms with Gasteiger partial charge in [0.1, 0.15) is 0 Å². The van der Waals surface area contributed by atoms with E-state index in [1.54, 1.807) is 0 Å². The second-order valence-corrected chi connectivity index (χ2v) is 6.09. The van der Waals surface area contributed by atoms with E-state index in [-0.39, 0.29) is 5.43 Å². The van der Waals surface area contributed by atoms with Crippen molar-refractivity contribution in [3.63, 3.8) is 0 Å². The minimum atomic E-state index is -0.0920. The number of hydrogen-bond acceptors (Lipinski definition) is 2. The first-order valence-electron chi connectivity index (χ1n) is 6.05. The van der Waals surface area contributed by atoms with Gasteiger partial charge in [-0.3, -0.25) is 9.48 Å². The van der Waals surface area contributed by atoms with Gasteiger partial charge >= 0.3 is 0 Å². The highest BCUT2D eigenvalue weighted by molar-refractivity contribution is 9.10. The molecule has 3 aromatic rings. The Kier molecular flexibility index (Phi) is 3.72. The molecular formula is C15H10Br2N2O. The highest BCUT2D eigenvalue weighted by Gasteiger charge is 2.09. The van der Waals surface area contributed by atoms with Crippen LogP contribution < -0.4 is 5.43 Å². The molecule has 100 valence electrons. The smallest absolute Gasteiger partial charge is 0.222 e. The summed E-state index contributed by atoms with van der Waals surface area (Å²) in [5.41, 5.74) is 1.87. The summed E-state index contributed by atoms with van der Waals surface area (Å²) in [5, 5.41) is 4.98. The summed E-state index contributed by atoms with van der Waals surface area (Å²) in [6.45, 7) is 0.623. The Hall–Kier alpha value is -1.46. The monoisotopic (exact) mass is 392 g/mol. The maximum atomic E-state index is 12.1. The Morgan fingerprint density at radius 3 is 2.55 bits per heavy atom. The maximum Gasteiger partial charge on any atom is 0.222 e. The lowest BCUT2D eigenvalue weighted by molar-refractivity contribution is 0.686. The van der Waals surface area contributed by atoms with Crippen LogP contribution in [0.2, 0.25) is 0 Å². The van der Waals surface area contributed by atoms with Gasteiger partial charge in [-0.15, -0.1) is 0 Å². The molecule has 0 saturated heterocycles. The highest BCUT2D eigenvalue weighted by Crippen LogP contribution is 2.19. The average Bonchev–Trinajstić information content (AvgIpc) is 2.45. The lowest BCUT2D eigenvalue weighted by Gasteiger charge is -2.10. The quantitative estimate of drug-likeness (QED) is 0.660. The molecule has 2 aromatic carbocycles. The van der Waals surface area contributed by atoms with E-state index < -0.39 is 0 Å². The fourth-order valence-electron chi connectivity index (χ4n) is 2.11. The van der Waals surface area contributed by atoms with Gasteiger partial charge < -0.3 is 0 Å². The molecule has 1 heterocycles. The molecule has 0 fully saturated rings. The predicted octanol–water partition coefficient (Wildman–Crippen LogP) is 3.97. The summed E-state index contributed by atoms with van der Waals surface area (Å²) in [6, 6.07) is 15.7. The van der Waals surface area contributed by atoms with Gasteiger partial charge in [0, 0.05) is 4.47 Å². The fraction of sp³-hybridized carbons (Fsp3) is 0.0667. The number of halogens is 2. The summed E-state index contributed by atoms with van der Waals surface area (Å²) >= 11 is 6.64. The lowest BCUT2D eigenvalue weighted by atomic mass is 10.2. The van der Waals surface area contributed by atoms with Crippen molar-refractivity contribution in [2.75, 3.05) is 0 Å². The van der Waals surface area contributed by atoms with Crippen LogP contribution in [0.15, 0.2) is 62.4 Å². The molecule has 0 spiro atoms. The number of fused-ring (bicyclic) bond motifs is 1. The Morgan fingerprint density at radius 2 is 1.80 bits per heavy atom. The molecule has 0 aliphatic carbocycles.